The number of carbonyl (C=O) groups is 1. The van der Waals surface area contributed by atoms with Crippen molar-refractivity contribution >= 4 is 17.6 Å². The Morgan fingerprint density at radius 3 is 2.06 bits per heavy atom. The first kappa shape index (κ1) is 13.3. The topological polar surface area (TPSA) is 37.3 Å². The van der Waals surface area contributed by atoms with E-state index in [0.29, 0.717) is 10.6 Å². The van der Waals surface area contributed by atoms with E-state index in [1.165, 1.54) is 0 Å². The number of carboxylic acids is 1. The predicted molar refractivity (Wildman–Crippen MR) is 64.2 cm³/mol. The minimum atomic E-state index is -2.74. The molecule has 2 rings (SSSR count). The van der Waals surface area contributed by atoms with Crippen molar-refractivity contribution in [3.63, 3.8) is 0 Å². The average Bonchev–Trinajstić information content (AvgIpc) is 2.30. The van der Waals surface area contributed by atoms with Gasteiger partial charge in [0, 0.05) is 17.9 Å². The van der Waals surface area contributed by atoms with Crippen molar-refractivity contribution in [3.8, 4) is 0 Å². The lowest BCUT2D eigenvalue weighted by molar-refractivity contribution is -0.149. The third kappa shape index (κ3) is 2.34. The van der Waals surface area contributed by atoms with E-state index in [4.69, 9.17) is 11.6 Å². The molecule has 1 saturated carbocycles. The van der Waals surface area contributed by atoms with E-state index in [0.717, 1.165) is 0 Å². The summed E-state index contributed by atoms with van der Waals surface area (Å²) in [6.45, 7) is 0. The van der Waals surface area contributed by atoms with Gasteiger partial charge in [0.15, 0.2) is 0 Å². The number of rotatable bonds is 2. The average molecular weight is 275 g/mol. The smallest absolute Gasteiger partial charge is 0.314 e. The van der Waals surface area contributed by atoms with Crippen LogP contribution in [0.1, 0.15) is 31.2 Å². The Labute approximate surface area is 109 Å². The van der Waals surface area contributed by atoms with Crippen LogP contribution in [0.15, 0.2) is 24.3 Å². The maximum Gasteiger partial charge on any atom is 0.314 e. The van der Waals surface area contributed by atoms with E-state index >= 15 is 0 Å². The van der Waals surface area contributed by atoms with Crippen molar-refractivity contribution in [1.82, 2.24) is 0 Å². The van der Waals surface area contributed by atoms with Crippen LogP contribution >= 0.6 is 11.6 Å². The maximum absolute atomic E-state index is 13.2. The molecule has 2 nitrogen and oxygen atoms in total. The normalized spacial score (nSPS) is 21.5. The van der Waals surface area contributed by atoms with Gasteiger partial charge in [0.25, 0.3) is 0 Å². The molecule has 1 N–H and O–H groups in total. The molecule has 18 heavy (non-hydrogen) atoms. The van der Waals surface area contributed by atoms with Gasteiger partial charge in [-0.2, -0.15) is 0 Å². The monoisotopic (exact) mass is 274 g/mol. The molecule has 0 aromatic heterocycles. The standard InChI is InChI=1S/C13H13ClF2O2/c14-10-3-1-9(2-4-10)12(11(17)18)5-7-13(15,16)8-6-12/h1-4H,5-8H2,(H,17,18). The van der Waals surface area contributed by atoms with Crippen molar-refractivity contribution in [2.45, 2.75) is 37.0 Å². The van der Waals surface area contributed by atoms with Gasteiger partial charge < -0.3 is 5.11 Å². The van der Waals surface area contributed by atoms with Gasteiger partial charge in [0.2, 0.25) is 5.92 Å². The van der Waals surface area contributed by atoms with Gasteiger partial charge in [0.1, 0.15) is 0 Å². The van der Waals surface area contributed by atoms with E-state index in [9.17, 15) is 18.7 Å². The molecule has 0 unspecified atom stereocenters. The maximum atomic E-state index is 13.2. The highest BCUT2D eigenvalue weighted by Gasteiger charge is 2.48. The largest absolute Gasteiger partial charge is 0.481 e. The quantitative estimate of drug-likeness (QED) is 0.889. The van der Waals surface area contributed by atoms with Crippen LogP contribution in [-0.2, 0) is 10.2 Å². The molecule has 0 aliphatic heterocycles. The first-order valence-electron chi connectivity index (χ1n) is 5.73. The van der Waals surface area contributed by atoms with Gasteiger partial charge in [0.05, 0.1) is 5.41 Å². The lowest BCUT2D eigenvalue weighted by atomic mass is 9.68. The molecule has 1 fully saturated rings. The number of halogens is 3. The van der Waals surface area contributed by atoms with Gasteiger partial charge in [-0.3, -0.25) is 4.79 Å². The zero-order valence-corrected chi connectivity index (χ0v) is 10.4. The fourth-order valence-electron chi connectivity index (χ4n) is 2.44. The van der Waals surface area contributed by atoms with Gasteiger partial charge >= 0.3 is 5.97 Å². The highest BCUT2D eigenvalue weighted by Crippen LogP contribution is 2.45. The summed E-state index contributed by atoms with van der Waals surface area (Å²) >= 11 is 5.75. The molecule has 0 bridgehead atoms. The molecule has 1 aliphatic carbocycles. The molecule has 0 atom stereocenters. The number of carboxylic acid groups (broad SMARTS) is 1. The molecule has 0 saturated heterocycles. The van der Waals surface area contributed by atoms with E-state index in [1.807, 2.05) is 0 Å². The molecule has 0 heterocycles. The summed E-state index contributed by atoms with van der Waals surface area (Å²) in [5.74, 6) is -3.79. The van der Waals surface area contributed by atoms with Crippen molar-refractivity contribution in [3.05, 3.63) is 34.9 Å². The van der Waals surface area contributed by atoms with Gasteiger partial charge in [-0.05, 0) is 30.5 Å². The van der Waals surface area contributed by atoms with Crippen LogP contribution in [0.3, 0.4) is 0 Å². The highest BCUT2D eigenvalue weighted by molar-refractivity contribution is 6.30. The molecule has 98 valence electrons. The molecule has 1 aromatic carbocycles. The number of aliphatic carboxylic acids is 1. The number of hydrogen-bond donors (Lipinski definition) is 1. The minimum absolute atomic E-state index is 0.0447. The molecular weight excluding hydrogens is 262 g/mol. The van der Waals surface area contributed by atoms with Crippen LogP contribution in [0.25, 0.3) is 0 Å². The first-order chi connectivity index (χ1) is 8.36. The Morgan fingerprint density at radius 1 is 1.11 bits per heavy atom. The Balaban J connectivity index is 2.34. The van der Waals surface area contributed by atoms with Crippen molar-refractivity contribution < 1.29 is 18.7 Å². The molecule has 5 heteroatoms. The fourth-order valence-corrected chi connectivity index (χ4v) is 2.56. The number of benzene rings is 1. The third-order valence-corrected chi connectivity index (χ3v) is 3.89. The summed E-state index contributed by atoms with van der Waals surface area (Å²) in [5.41, 5.74) is -0.651. The van der Waals surface area contributed by atoms with Crippen molar-refractivity contribution in [2.24, 2.45) is 0 Å². The molecular formula is C13H13ClF2O2. The molecule has 0 spiro atoms. The molecule has 0 amide bonds. The summed E-state index contributed by atoms with van der Waals surface area (Å²) in [6, 6.07) is 6.41. The number of hydrogen-bond acceptors (Lipinski definition) is 1. The van der Waals surface area contributed by atoms with Crippen LogP contribution in [-0.4, -0.2) is 17.0 Å². The predicted octanol–water partition coefficient (Wildman–Crippen LogP) is 3.87. The van der Waals surface area contributed by atoms with E-state index in [1.54, 1.807) is 24.3 Å². The second-order valence-electron chi connectivity index (χ2n) is 4.75. The Kier molecular flexibility index (Phi) is 3.32. The van der Waals surface area contributed by atoms with E-state index < -0.39 is 17.3 Å². The SMILES string of the molecule is O=C(O)C1(c2ccc(Cl)cc2)CCC(F)(F)CC1. The van der Waals surface area contributed by atoms with Crippen LogP contribution < -0.4 is 0 Å². The Hall–Kier alpha value is -1.16. The van der Waals surface area contributed by atoms with E-state index in [2.05, 4.69) is 0 Å². The van der Waals surface area contributed by atoms with Crippen LogP contribution in [0.4, 0.5) is 8.78 Å². The minimum Gasteiger partial charge on any atom is -0.481 e. The second kappa shape index (κ2) is 4.50. The van der Waals surface area contributed by atoms with Crippen LogP contribution in [0.2, 0.25) is 5.02 Å². The molecule has 1 aliphatic rings. The Morgan fingerprint density at radius 2 is 1.61 bits per heavy atom. The van der Waals surface area contributed by atoms with Gasteiger partial charge in [-0.25, -0.2) is 8.78 Å². The summed E-state index contributed by atoms with van der Waals surface area (Å²) in [5, 5.41) is 9.90. The summed E-state index contributed by atoms with van der Waals surface area (Å²) in [4.78, 5) is 11.5. The lowest BCUT2D eigenvalue weighted by Crippen LogP contribution is -2.42. The van der Waals surface area contributed by atoms with E-state index in [-0.39, 0.29) is 25.7 Å². The van der Waals surface area contributed by atoms with Crippen molar-refractivity contribution in [1.29, 1.82) is 0 Å². The van der Waals surface area contributed by atoms with Crippen LogP contribution in [0.5, 0.6) is 0 Å². The summed E-state index contributed by atoms with van der Waals surface area (Å²) < 4.78 is 26.4. The molecule has 0 radical (unpaired) electrons. The van der Waals surface area contributed by atoms with Gasteiger partial charge in [-0.1, -0.05) is 23.7 Å². The zero-order chi connectivity index (χ0) is 13.4. The second-order valence-corrected chi connectivity index (χ2v) is 5.19. The first-order valence-corrected chi connectivity index (χ1v) is 6.11. The van der Waals surface area contributed by atoms with Crippen molar-refractivity contribution in [2.75, 3.05) is 0 Å². The Bertz CT molecular complexity index is 447. The zero-order valence-electron chi connectivity index (χ0n) is 9.63. The summed E-state index contributed by atoms with van der Waals surface area (Å²) in [7, 11) is 0. The van der Waals surface area contributed by atoms with Gasteiger partial charge in [-0.15, -0.1) is 0 Å². The molecule has 1 aromatic rings. The summed E-state index contributed by atoms with van der Waals surface area (Å²) in [6.07, 6.45) is -0.863. The third-order valence-electron chi connectivity index (χ3n) is 3.64. The lowest BCUT2D eigenvalue weighted by Gasteiger charge is -2.37. The fraction of sp³-hybridized carbons (Fsp3) is 0.462. The van der Waals surface area contributed by atoms with Crippen LogP contribution in [0, 0.1) is 0 Å². The highest BCUT2D eigenvalue weighted by atomic mass is 35.5. The number of alkyl halides is 2.